The third-order valence-corrected chi connectivity index (χ3v) is 2.83. The number of hydrogen-bond donors (Lipinski definition) is 0. The molecule has 2 heterocycles. The molecule has 2 aliphatic heterocycles. The van der Waals surface area contributed by atoms with Crippen LogP contribution in [0.4, 0.5) is 0 Å². The summed E-state index contributed by atoms with van der Waals surface area (Å²) in [6.45, 7) is 5.06. The van der Waals surface area contributed by atoms with E-state index in [2.05, 4.69) is 6.92 Å². The van der Waals surface area contributed by atoms with Gasteiger partial charge in [0.1, 0.15) is 6.10 Å². The maximum Gasteiger partial charge on any atom is 0.305 e. The number of esters is 1. The summed E-state index contributed by atoms with van der Waals surface area (Å²) >= 11 is 0. The molecule has 2 rings (SSSR count). The highest BCUT2D eigenvalue weighted by Crippen LogP contribution is 2.32. The van der Waals surface area contributed by atoms with Gasteiger partial charge in [-0.15, -0.1) is 0 Å². The van der Waals surface area contributed by atoms with E-state index in [0.29, 0.717) is 25.6 Å². The predicted octanol–water partition coefficient (Wildman–Crippen LogP) is 0.742. The van der Waals surface area contributed by atoms with Crippen LogP contribution in [-0.4, -0.2) is 37.5 Å². The largest absolute Gasteiger partial charge is 0.457 e. The lowest BCUT2D eigenvalue weighted by Crippen LogP contribution is -2.32. The van der Waals surface area contributed by atoms with E-state index >= 15 is 0 Å². The van der Waals surface area contributed by atoms with E-state index in [1.54, 1.807) is 6.92 Å². The van der Waals surface area contributed by atoms with Gasteiger partial charge in [-0.05, 0) is 0 Å². The van der Waals surface area contributed by atoms with Crippen molar-refractivity contribution in [3.05, 3.63) is 0 Å². The van der Waals surface area contributed by atoms with Crippen LogP contribution in [0, 0.1) is 5.92 Å². The van der Waals surface area contributed by atoms with Gasteiger partial charge in [-0.1, -0.05) is 13.8 Å². The van der Waals surface area contributed by atoms with Gasteiger partial charge in [0, 0.05) is 12.3 Å². The molecule has 4 nitrogen and oxygen atoms in total. The van der Waals surface area contributed by atoms with E-state index in [-0.39, 0.29) is 24.3 Å². The lowest BCUT2D eigenvalue weighted by Gasteiger charge is -2.16. The van der Waals surface area contributed by atoms with Gasteiger partial charge in [-0.3, -0.25) is 4.79 Å². The molecule has 4 unspecified atom stereocenters. The van der Waals surface area contributed by atoms with Crippen LogP contribution in [0.5, 0.6) is 0 Å². The SMILES string of the molecule is CCC(=O)OC1COC2C(C)COC12. The Bertz CT molecular complexity index is 228. The molecule has 0 N–H and O–H groups in total. The molecule has 2 saturated heterocycles. The molecule has 0 radical (unpaired) electrons. The first kappa shape index (κ1) is 9.93. The Labute approximate surface area is 83.5 Å². The fraction of sp³-hybridized carbons (Fsp3) is 0.900. The van der Waals surface area contributed by atoms with E-state index in [1.807, 2.05) is 0 Å². The van der Waals surface area contributed by atoms with Crippen LogP contribution >= 0.6 is 0 Å². The molecule has 0 aliphatic carbocycles. The Balaban J connectivity index is 1.93. The Morgan fingerprint density at radius 3 is 2.79 bits per heavy atom. The minimum absolute atomic E-state index is 0.0412. The Morgan fingerprint density at radius 1 is 1.36 bits per heavy atom. The van der Waals surface area contributed by atoms with Crippen LogP contribution in [0.2, 0.25) is 0 Å². The number of fused-ring (bicyclic) bond motifs is 1. The first-order valence-corrected chi connectivity index (χ1v) is 5.15. The second-order valence-corrected chi connectivity index (χ2v) is 3.96. The van der Waals surface area contributed by atoms with Crippen LogP contribution in [0.3, 0.4) is 0 Å². The molecule has 0 bridgehead atoms. The maximum atomic E-state index is 11.1. The monoisotopic (exact) mass is 200 g/mol. The van der Waals surface area contributed by atoms with E-state index in [0.717, 1.165) is 0 Å². The van der Waals surface area contributed by atoms with E-state index in [1.165, 1.54) is 0 Å². The average Bonchev–Trinajstić information content (AvgIpc) is 2.72. The molecule has 2 fully saturated rings. The van der Waals surface area contributed by atoms with E-state index in [9.17, 15) is 4.79 Å². The lowest BCUT2D eigenvalue weighted by molar-refractivity contribution is -0.153. The number of hydrogen-bond acceptors (Lipinski definition) is 4. The van der Waals surface area contributed by atoms with Gasteiger partial charge in [0.2, 0.25) is 0 Å². The zero-order valence-corrected chi connectivity index (χ0v) is 8.56. The highest BCUT2D eigenvalue weighted by atomic mass is 16.6. The van der Waals surface area contributed by atoms with Crippen molar-refractivity contribution in [2.24, 2.45) is 5.92 Å². The third-order valence-electron chi connectivity index (χ3n) is 2.83. The van der Waals surface area contributed by atoms with Crippen molar-refractivity contribution in [1.29, 1.82) is 0 Å². The van der Waals surface area contributed by atoms with Crippen LogP contribution in [0.1, 0.15) is 20.3 Å². The zero-order chi connectivity index (χ0) is 10.1. The maximum absolute atomic E-state index is 11.1. The quantitative estimate of drug-likeness (QED) is 0.617. The summed E-state index contributed by atoms with van der Waals surface area (Å²) in [5, 5.41) is 0. The first-order chi connectivity index (χ1) is 6.72. The van der Waals surface area contributed by atoms with Gasteiger partial charge in [0.25, 0.3) is 0 Å². The third kappa shape index (κ3) is 1.64. The molecular weight excluding hydrogens is 184 g/mol. The second-order valence-electron chi connectivity index (χ2n) is 3.96. The normalized spacial score (nSPS) is 41.0. The summed E-state index contributed by atoms with van der Waals surface area (Å²) in [5.74, 6) is 0.229. The van der Waals surface area contributed by atoms with Gasteiger partial charge in [-0.25, -0.2) is 0 Å². The van der Waals surface area contributed by atoms with Crippen molar-refractivity contribution >= 4 is 5.97 Å². The minimum Gasteiger partial charge on any atom is -0.457 e. The fourth-order valence-corrected chi connectivity index (χ4v) is 2.01. The summed E-state index contributed by atoms with van der Waals surface area (Å²) in [4.78, 5) is 11.1. The van der Waals surface area contributed by atoms with Crippen molar-refractivity contribution in [3.63, 3.8) is 0 Å². The van der Waals surface area contributed by atoms with Crippen molar-refractivity contribution in [2.75, 3.05) is 13.2 Å². The van der Waals surface area contributed by atoms with Crippen molar-refractivity contribution in [1.82, 2.24) is 0 Å². The molecule has 0 amide bonds. The first-order valence-electron chi connectivity index (χ1n) is 5.15. The zero-order valence-electron chi connectivity index (χ0n) is 8.56. The van der Waals surface area contributed by atoms with Gasteiger partial charge < -0.3 is 14.2 Å². The summed E-state index contributed by atoms with van der Waals surface area (Å²) in [7, 11) is 0. The van der Waals surface area contributed by atoms with Crippen molar-refractivity contribution in [3.8, 4) is 0 Å². The summed E-state index contributed by atoms with van der Waals surface area (Å²) < 4.78 is 16.3. The second kappa shape index (κ2) is 3.87. The van der Waals surface area contributed by atoms with Gasteiger partial charge in [0.15, 0.2) is 6.10 Å². The van der Waals surface area contributed by atoms with Crippen molar-refractivity contribution in [2.45, 2.75) is 38.6 Å². The molecule has 0 spiro atoms. The molecule has 14 heavy (non-hydrogen) atoms. The van der Waals surface area contributed by atoms with Crippen molar-refractivity contribution < 1.29 is 19.0 Å². The van der Waals surface area contributed by atoms with Gasteiger partial charge in [0.05, 0.1) is 19.3 Å². The Hall–Kier alpha value is -0.610. The lowest BCUT2D eigenvalue weighted by atomic mass is 10.0. The Kier molecular flexibility index (Phi) is 2.74. The summed E-state index contributed by atoms with van der Waals surface area (Å²) in [6.07, 6.45) is 0.284. The topological polar surface area (TPSA) is 44.8 Å². The molecule has 0 aromatic heterocycles. The van der Waals surface area contributed by atoms with Crippen LogP contribution in [0.25, 0.3) is 0 Å². The molecule has 4 heteroatoms. The molecule has 0 aromatic carbocycles. The molecule has 2 aliphatic rings. The molecule has 0 saturated carbocycles. The molecule has 4 atom stereocenters. The Morgan fingerprint density at radius 2 is 2.07 bits per heavy atom. The van der Waals surface area contributed by atoms with Crippen LogP contribution in [-0.2, 0) is 19.0 Å². The molecule has 80 valence electrons. The van der Waals surface area contributed by atoms with Gasteiger partial charge in [-0.2, -0.15) is 0 Å². The average molecular weight is 200 g/mol. The van der Waals surface area contributed by atoms with E-state index < -0.39 is 0 Å². The number of ether oxygens (including phenoxy) is 3. The van der Waals surface area contributed by atoms with Gasteiger partial charge >= 0.3 is 5.97 Å². The van der Waals surface area contributed by atoms with Crippen LogP contribution in [0.15, 0.2) is 0 Å². The fourth-order valence-electron chi connectivity index (χ4n) is 2.01. The predicted molar refractivity (Wildman–Crippen MR) is 48.8 cm³/mol. The number of carbonyl (C=O) groups excluding carboxylic acids is 1. The highest BCUT2D eigenvalue weighted by molar-refractivity contribution is 5.69. The number of rotatable bonds is 2. The smallest absolute Gasteiger partial charge is 0.305 e. The summed E-state index contributed by atoms with van der Waals surface area (Å²) in [6, 6.07) is 0. The standard InChI is InChI=1S/C10H16O4/c1-3-8(11)14-7-5-13-9-6(2)4-12-10(7)9/h6-7,9-10H,3-5H2,1-2H3. The highest BCUT2D eigenvalue weighted by Gasteiger charge is 2.47. The van der Waals surface area contributed by atoms with Crippen LogP contribution < -0.4 is 0 Å². The minimum atomic E-state index is -0.197. The molecule has 0 aromatic rings. The molecular formula is C10H16O4. The number of carbonyl (C=O) groups is 1. The van der Waals surface area contributed by atoms with E-state index in [4.69, 9.17) is 14.2 Å². The summed E-state index contributed by atoms with van der Waals surface area (Å²) in [5.41, 5.74) is 0.